The van der Waals surface area contributed by atoms with Gasteiger partial charge in [0, 0.05) is 5.02 Å². The predicted molar refractivity (Wildman–Crippen MR) is 67.0 cm³/mol. The first-order valence-electron chi connectivity index (χ1n) is 4.76. The number of nitrogens with one attached hydrogen (secondary N) is 1. The maximum absolute atomic E-state index is 11.2. The van der Waals surface area contributed by atoms with Crippen molar-refractivity contribution in [2.24, 2.45) is 5.73 Å². The SMILES string of the molecule is NC(=O)c1n[nH]nc1-c1cc(Cl)cc(Cl)c1[N+](=O)[O-]. The Hall–Kier alpha value is -2.19. The highest BCUT2D eigenvalue weighted by atomic mass is 35.5. The number of nitrogens with two attached hydrogens (primary N) is 1. The minimum Gasteiger partial charge on any atom is -0.364 e. The average Bonchev–Trinajstić information content (AvgIpc) is 2.75. The van der Waals surface area contributed by atoms with Crippen LogP contribution in [-0.2, 0) is 0 Å². The fourth-order valence-corrected chi connectivity index (χ4v) is 2.08. The molecular formula is C9H5Cl2N5O3. The second-order valence-corrected chi connectivity index (χ2v) is 4.27. The highest BCUT2D eigenvalue weighted by molar-refractivity contribution is 6.36. The van der Waals surface area contributed by atoms with Gasteiger partial charge in [0.2, 0.25) is 0 Å². The Morgan fingerprint density at radius 3 is 2.63 bits per heavy atom. The number of nitro benzene ring substituents is 1. The molecule has 10 heteroatoms. The van der Waals surface area contributed by atoms with Crippen LogP contribution in [0.5, 0.6) is 0 Å². The van der Waals surface area contributed by atoms with Crippen molar-refractivity contribution in [3.63, 3.8) is 0 Å². The Labute approximate surface area is 115 Å². The maximum atomic E-state index is 11.2. The van der Waals surface area contributed by atoms with Gasteiger partial charge in [-0.3, -0.25) is 14.9 Å². The van der Waals surface area contributed by atoms with Gasteiger partial charge in [0.15, 0.2) is 5.69 Å². The quantitative estimate of drug-likeness (QED) is 0.659. The van der Waals surface area contributed by atoms with E-state index in [-0.39, 0.29) is 27.0 Å². The zero-order valence-electron chi connectivity index (χ0n) is 9.05. The number of rotatable bonds is 3. The third-order valence-electron chi connectivity index (χ3n) is 2.25. The number of nitro groups is 1. The molecule has 0 bridgehead atoms. The molecule has 0 spiro atoms. The van der Waals surface area contributed by atoms with Gasteiger partial charge in [0.25, 0.3) is 11.6 Å². The van der Waals surface area contributed by atoms with Crippen molar-refractivity contribution >= 4 is 34.8 Å². The Morgan fingerprint density at radius 1 is 1.37 bits per heavy atom. The number of carbonyl (C=O) groups excluding carboxylic acids is 1. The number of hydrogen-bond donors (Lipinski definition) is 2. The van der Waals surface area contributed by atoms with Crippen LogP contribution in [0.1, 0.15) is 10.5 Å². The molecule has 1 aromatic carbocycles. The van der Waals surface area contributed by atoms with Crippen molar-refractivity contribution in [1.29, 1.82) is 0 Å². The number of H-pyrrole nitrogens is 1. The average molecular weight is 302 g/mol. The van der Waals surface area contributed by atoms with Gasteiger partial charge in [-0.15, -0.1) is 0 Å². The van der Waals surface area contributed by atoms with Gasteiger partial charge in [-0.1, -0.05) is 23.2 Å². The summed E-state index contributed by atoms with van der Waals surface area (Å²) in [6.07, 6.45) is 0. The van der Waals surface area contributed by atoms with Gasteiger partial charge in [0.05, 0.1) is 10.5 Å². The lowest BCUT2D eigenvalue weighted by molar-refractivity contribution is -0.384. The van der Waals surface area contributed by atoms with Crippen LogP contribution in [-0.4, -0.2) is 26.2 Å². The number of benzene rings is 1. The molecule has 0 fully saturated rings. The van der Waals surface area contributed by atoms with Crippen LogP contribution in [0, 0.1) is 10.1 Å². The van der Waals surface area contributed by atoms with E-state index in [0.29, 0.717) is 0 Å². The number of carbonyl (C=O) groups is 1. The largest absolute Gasteiger partial charge is 0.364 e. The molecule has 0 radical (unpaired) electrons. The molecule has 98 valence electrons. The Morgan fingerprint density at radius 2 is 2.05 bits per heavy atom. The summed E-state index contributed by atoms with van der Waals surface area (Å²) < 4.78 is 0. The lowest BCUT2D eigenvalue weighted by Gasteiger charge is -2.03. The zero-order valence-corrected chi connectivity index (χ0v) is 10.6. The fourth-order valence-electron chi connectivity index (χ4n) is 1.52. The van der Waals surface area contributed by atoms with E-state index in [1.807, 2.05) is 0 Å². The molecule has 2 rings (SSSR count). The highest BCUT2D eigenvalue weighted by Crippen LogP contribution is 2.38. The molecule has 0 atom stereocenters. The van der Waals surface area contributed by atoms with Crippen molar-refractivity contribution in [1.82, 2.24) is 15.4 Å². The van der Waals surface area contributed by atoms with Crippen LogP contribution >= 0.6 is 23.2 Å². The van der Waals surface area contributed by atoms with Crippen molar-refractivity contribution < 1.29 is 9.72 Å². The second-order valence-electron chi connectivity index (χ2n) is 3.43. The van der Waals surface area contributed by atoms with Gasteiger partial charge in [0.1, 0.15) is 10.7 Å². The number of aromatic nitrogens is 3. The molecule has 0 unspecified atom stereocenters. The van der Waals surface area contributed by atoms with Gasteiger partial charge in [-0.25, -0.2) is 0 Å². The first-order chi connectivity index (χ1) is 8.91. The molecule has 0 aliphatic rings. The second kappa shape index (κ2) is 4.82. The van der Waals surface area contributed by atoms with E-state index in [2.05, 4.69) is 15.4 Å². The molecule has 0 saturated carbocycles. The van der Waals surface area contributed by atoms with E-state index >= 15 is 0 Å². The zero-order chi connectivity index (χ0) is 14.2. The standard InChI is InChI=1S/C9H5Cl2N5O3/c10-3-1-4(8(16(18)19)5(11)2-3)6-7(9(12)17)14-15-13-6/h1-2H,(H2,12,17)(H,13,14,15). The van der Waals surface area contributed by atoms with Crippen LogP contribution in [0.4, 0.5) is 5.69 Å². The van der Waals surface area contributed by atoms with Gasteiger partial charge in [-0.05, 0) is 12.1 Å². The molecule has 1 amide bonds. The molecule has 3 N–H and O–H groups in total. The Kier molecular flexibility index (Phi) is 3.36. The number of amides is 1. The number of nitrogens with zero attached hydrogens (tertiary/aromatic N) is 3. The first kappa shape index (κ1) is 13.2. The topological polar surface area (TPSA) is 128 Å². The maximum Gasteiger partial charge on any atom is 0.297 e. The van der Waals surface area contributed by atoms with Crippen molar-refractivity contribution in [2.45, 2.75) is 0 Å². The molecule has 0 saturated heterocycles. The monoisotopic (exact) mass is 301 g/mol. The minimum absolute atomic E-state index is 0.0370. The van der Waals surface area contributed by atoms with Gasteiger partial charge < -0.3 is 5.73 Å². The van der Waals surface area contributed by atoms with Gasteiger partial charge >= 0.3 is 0 Å². The summed E-state index contributed by atoms with van der Waals surface area (Å²) in [5, 5.41) is 20.4. The molecule has 1 heterocycles. The third-order valence-corrected chi connectivity index (χ3v) is 2.75. The molecule has 0 aliphatic carbocycles. The van der Waals surface area contributed by atoms with E-state index < -0.39 is 16.5 Å². The van der Waals surface area contributed by atoms with E-state index in [9.17, 15) is 14.9 Å². The predicted octanol–water partition coefficient (Wildman–Crippen LogP) is 1.79. The minimum atomic E-state index is -0.880. The van der Waals surface area contributed by atoms with E-state index in [4.69, 9.17) is 28.9 Å². The lowest BCUT2D eigenvalue weighted by atomic mass is 10.1. The smallest absolute Gasteiger partial charge is 0.297 e. The van der Waals surface area contributed by atoms with E-state index in [1.54, 1.807) is 0 Å². The highest BCUT2D eigenvalue weighted by Gasteiger charge is 2.26. The lowest BCUT2D eigenvalue weighted by Crippen LogP contribution is -2.13. The van der Waals surface area contributed by atoms with Crippen LogP contribution < -0.4 is 5.73 Å². The molecule has 1 aromatic heterocycles. The number of aromatic amines is 1. The van der Waals surface area contributed by atoms with E-state index in [0.717, 1.165) is 0 Å². The summed E-state index contributed by atoms with van der Waals surface area (Å²) in [5.41, 5.74) is 4.32. The normalized spacial score (nSPS) is 10.4. The van der Waals surface area contributed by atoms with Crippen LogP contribution in [0.3, 0.4) is 0 Å². The Bertz CT molecular complexity index is 684. The van der Waals surface area contributed by atoms with E-state index in [1.165, 1.54) is 12.1 Å². The first-order valence-corrected chi connectivity index (χ1v) is 5.51. The number of primary amides is 1. The molecular weight excluding hydrogens is 297 g/mol. The van der Waals surface area contributed by atoms with Crippen LogP contribution in [0.2, 0.25) is 10.0 Å². The van der Waals surface area contributed by atoms with Crippen molar-refractivity contribution in [2.75, 3.05) is 0 Å². The summed E-state index contributed by atoms with van der Waals surface area (Å²) in [6, 6.07) is 2.48. The molecule has 0 aliphatic heterocycles. The van der Waals surface area contributed by atoms with Crippen molar-refractivity contribution in [3.8, 4) is 11.3 Å². The molecule has 8 nitrogen and oxygen atoms in total. The van der Waals surface area contributed by atoms with Crippen LogP contribution in [0.15, 0.2) is 12.1 Å². The van der Waals surface area contributed by atoms with Gasteiger partial charge in [-0.2, -0.15) is 15.4 Å². The summed E-state index contributed by atoms with van der Waals surface area (Å²) in [7, 11) is 0. The Balaban J connectivity index is 2.77. The van der Waals surface area contributed by atoms with Crippen LogP contribution in [0.25, 0.3) is 11.3 Å². The van der Waals surface area contributed by atoms with Crippen molar-refractivity contribution in [3.05, 3.63) is 38.0 Å². The summed E-state index contributed by atoms with van der Waals surface area (Å²) >= 11 is 11.6. The molecule has 2 aromatic rings. The fraction of sp³-hybridized carbons (Fsp3) is 0. The summed E-state index contributed by atoms with van der Waals surface area (Å²) in [4.78, 5) is 21.5. The number of hydrogen-bond acceptors (Lipinski definition) is 5. The number of halogens is 2. The summed E-state index contributed by atoms with van der Waals surface area (Å²) in [5.74, 6) is -0.880. The third kappa shape index (κ3) is 2.35. The molecule has 19 heavy (non-hydrogen) atoms. The summed E-state index contributed by atoms with van der Waals surface area (Å²) in [6.45, 7) is 0.